The maximum atomic E-state index is 12.4. The van der Waals surface area contributed by atoms with Gasteiger partial charge < -0.3 is 5.73 Å². The van der Waals surface area contributed by atoms with Crippen molar-refractivity contribution >= 4 is 28.3 Å². The van der Waals surface area contributed by atoms with E-state index >= 15 is 0 Å². The lowest BCUT2D eigenvalue weighted by Crippen LogP contribution is -1.97. The zero-order valence-electron chi connectivity index (χ0n) is 5.68. The molecule has 11 heavy (non-hydrogen) atoms. The van der Waals surface area contributed by atoms with Crippen LogP contribution in [0.4, 0.5) is 4.39 Å². The van der Waals surface area contributed by atoms with Crippen LogP contribution in [0.3, 0.4) is 0 Å². The van der Waals surface area contributed by atoms with E-state index in [1.807, 2.05) is 0 Å². The summed E-state index contributed by atoms with van der Waals surface area (Å²) in [5.74, 6) is -0.246. The highest BCUT2D eigenvalue weighted by atomic mass is 79.9. The van der Waals surface area contributed by atoms with Crippen molar-refractivity contribution in [2.75, 3.05) is 0 Å². The molecule has 2 N–H and O–H groups in total. The van der Waals surface area contributed by atoms with E-state index in [9.17, 15) is 4.39 Å². The fraction of sp³-hybridized carbons (Fsp3) is 0.143. The van der Waals surface area contributed by atoms with Crippen molar-refractivity contribution in [1.82, 2.24) is 0 Å². The standard InChI is InChI=1S/C7H7BrFN.ClH/c8-7-3-6(9)2-1-5(7)4-10;/h1-3H,4,10H2;1H. The van der Waals surface area contributed by atoms with E-state index in [-0.39, 0.29) is 18.2 Å². The smallest absolute Gasteiger partial charge is 0.124 e. The second kappa shape index (κ2) is 4.70. The first-order chi connectivity index (χ1) is 4.74. The molecule has 0 aliphatic rings. The second-order valence-electron chi connectivity index (χ2n) is 1.94. The number of halogens is 3. The third kappa shape index (κ3) is 2.77. The Labute approximate surface area is 79.3 Å². The SMILES string of the molecule is Cl.NCc1ccc(F)cc1Br. The van der Waals surface area contributed by atoms with Gasteiger partial charge in [0.25, 0.3) is 0 Å². The second-order valence-corrected chi connectivity index (χ2v) is 2.79. The lowest BCUT2D eigenvalue weighted by atomic mass is 10.2. The van der Waals surface area contributed by atoms with E-state index in [4.69, 9.17) is 5.73 Å². The molecule has 0 aliphatic heterocycles. The topological polar surface area (TPSA) is 26.0 Å². The predicted octanol–water partition coefficient (Wildman–Crippen LogP) is 2.47. The van der Waals surface area contributed by atoms with Crippen molar-refractivity contribution in [3.05, 3.63) is 34.1 Å². The minimum Gasteiger partial charge on any atom is -0.326 e. The van der Waals surface area contributed by atoms with Crippen LogP contribution in [0.5, 0.6) is 0 Å². The van der Waals surface area contributed by atoms with Gasteiger partial charge in [-0.15, -0.1) is 12.4 Å². The molecule has 0 spiro atoms. The number of nitrogens with two attached hydrogens (primary N) is 1. The summed E-state index contributed by atoms with van der Waals surface area (Å²) < 4.78 is 13.1. The van der Waals surface area contributed by atoms with Crippen molar-refractivity contribution in [2.24, 2.45) is 5.73 Å². The molecule has 0 fully saturated rings. The van der Waals surface area contributed by atoms with Gasteiger partial charge in [-0.1, -0.05) is 22.0 Å². The Morgan fingerprint density at radius 3 is 2.55 bits per heavy atom. The average Bonchev–Trinajstić information content (AvgIpc) is 1.88. The molecule has 1 nitrogen and oxygen atoms in total. The number of hydrogen-bond acceptors (Lipinski definition) is 1. The van der Waals surface area contributed by atoms with Crippen LogP contribution >= 0.6 is 28.3 Å². The first-order valence-electron chi connectivity index (χ1n) is 2.88. The van der Waals surface area contributed by atoms with Crippen molar-refractivity contribution in [3.63, 3.8) is 0 Å². The van der Waals surface area contributed by atoms with E-state index < -0.39 is 0 Å². The average molecular weight is 241 g/mol. The van der Waals surface area contributed by atoms with Crippen LogP contribution in [0.1, 0.15) is 5.56 Å². The third-order valence-electron chi connectivity index (χ3n) is 1.24. The first-order valence-corrected chi connectivity index (χ1v) is 3.67. The third-order valence-corrected chi connectivity index (χ3v) is 1.97. The van der Waals surface area contributed by atoms with Gasteiger partial charge in [0.05, 0.1) is 0 Å². The van der Waals surface area contributed by atoms with Crippen LogP contribution in [0.15, 0.2) is 22.7 Å². The zero-order chi connectivity index (χ0) is 7.56. The normalized spacial score (nSPS) is 9.00. The molecule has 0 aliphatic carbocycles. The van der Waals surface area contributed by atoms with Crippen molar-refractivity contribution in [2.45, 2.75) is 6.54 Å². The molecule has 4 heteroatoms. The first kappa shape index (κ1) is 10.9. The Balaban J connectivity index is 0.000001000. The Bertz CT molecular complexity index is 242. The van der Waals surface area contributed by atoms with Crippen molar-refractivity contribution in [1.29, 1.82) is 0 Å². The molecule has 0 unspecified atom stereocenters. The van der Waals surface area contributed by atoms with Crippen LogP contribution in [0.25, 0.3) is 0 Å². The van der Waals surface area contributed by atoms with Gasteiger partial charge in [-0.05, 0) is 17.7 Å². The van der Waals surface area contributed by atoms with Gasteiger partial charge in [0.15, 0.2) is 0 Å². The van der Waals surface area contributed by atoms with Gasteiger partial charge in [-0.2, -0.15) is 0 Å². The van der Waals surface area contributed by atoms with Gasteiger partial charge >= 0.3 is 0 Å². The molecule has 0 saturated carbocycles. The fourth-order valence-electron chi connectivity index (χ4n) is 0.687. The molecular formula is C7H8BrClFN. The summed E-state index contributed by atoms with van der Waals surface area (Å²) in [5.41, 5.74) is 6.27. The Hall–Kier alpha value is -0.120. The minimum atomic E-state index is -0.246. The van der Waals surface area contributed by atoms with Crippen LogP contribution in [0.2, 0.25) is 0 Å². The van der Waals surface area contributed by atoms with Crippen LogP contribution in [0, 0.1) is 5.82 Å². The highest BCUT2D eigenvalue weighted by molar-refractivity contribution is 9.10. The van der Waals surface area contributed by atoms with Crippen LogP contribution in [-0.2, 0) is 6.54 Å². The summed E-state index contributed by atoms with van der Waals surface area (Å²) in [6.45, 7) is 0.431. The van der Waals surface area contributed by atoms with Gasteiger partial charge in [-0.25, -0.2) is 4.39 Å². The Kier molecular flexibility index (Phi) is 4.65. The van der Waals surface area contributed by atoms with E-state index in [0.29, 0.717) is 6.54 Å². The zero-order valence-corrected chi connectivity index (χ0v) is 8.08. The maximum Gasteiger partial charge on any atom is 0.124 e. The van der Waals surface area contributed by atoms with Crippen molar-refractivity contribution < 1.29 is 4.39 Å². The molecule has 0 saturated heterocycles. The number of benzene rings is 1. The van der Waals surface area contributed by atoms with E-state index in [0.717, 1.165) is 10.0 Å². The molecular weight excluding hydrogens is 232 g/mol. The summed E-state index contributed by atoms with van der Waals surface area (Å²) in [6, 6.07) is 4.47. The van der Waals surface area contributed by atoms with E-state index in [2.05, 4.69) is 15.9 Å². The molecule has 62 valence electrons. The molecule has 0 heterocycles. The summed E-state index contributed by atoms with van der Waals surface area (Å²) >= 11 is 3.19. The lowest BCUT2D eigenvalue weighted by Gasteiger charge is -1.98. The molecule has 1 rings (SSSR count). The van der Waals surface area contributed by atoms with Crippen LogP contribution in [-0.4, -0.2) is 0 Å². The van der Waals surface area contributed by atoms with Crippen LogP contribution < -0.4 is 5.73 Å². The van der Waals surface area contributed by atoms with Gasteiger partial charge in [-0.3, -0.25) is 0 Å². The number of hydrogen-bond donors (Lipinski definition) is 1. The molecule has 0 bridgehead atoms. The molecule has 0 amide bonds. The molecule has 1 aromatic carbocycles. The van der Waals surface area contributed by atoms with E-state index in [1.54, 1.807) is 6.07 Å². The monoisotopic (exact) mass is 239 g/mol. The fourth-order valence-corrected chi connectivity index (χ4v) is 1.20. The largest absolute Gasteiger partial charge is 0.326 e. The molecule has 1 aromatic rings. The summed E-state index contributed by atoms with van der Waals surface area (Å²) in [7, 11) is 0. The summed E-state index contributed by atoms with van der Waals surface area (Å²) in [5, 5.41) is 0. The molecule has 0 atom stereocenters. The van der Waals surface area contributed by atoms with Gasteiger partial charge in [0.2, 0.25) is 0 Å². The maximum absolute atomic E-state index is 12.4. The van der Waals surface area contributed by atoms with Gasteiger partial charge in [0.1, 0.15) is 5.82 Å². The minimum absolute atomic E-state index is 0. The number of rotatable bonds is 1. The van der Waals surface area contributed by atoms with E-state index in [1.165, 1.54) is 12.1 Å². The Morgan fingerprint density at radius 2 is 2.09 bits per heavy atom. The summed E-state index contributed by atoms with van der Waals surface area (Å²) in [4.78, 5) is 0. The summed E-state index contributed by atoms with van der Waals surface area (Å²) in [6.07, 6.45) is 0. The molecule has 0 radical (unpaired) electrons. The van der Waals surface area contributed by atoms with Crippen molar-refractivity contribution in [3.8, 4) is 0 Å². The lowest BCUT2D eigenvalue weighted by molar-refractivity contribution is 0.626. The Morgan fingerprint density at radius 1 is 1.45 bits per heavy atom. The predicted molar refractivity (Wildman–Crippen MR) is 49.2 cm³/mol. The highest BCUT2D eigenvalue weighted by Gasteiger charge is 1.97. The quantitative estimate of drug-likeness (QED) is 0.802. The van der Waals surface area contributed by atoms with Gasteiger partial charge in [0, 0.05) is 11.0 Å². The molecule has 0 aromatic heterocycles. The highest BCUT2D eigenvalue weighted by Crippen LogP contribution is 2.16.